The second-order valence-electron chi connectivity index (χ2n) is 5.38. The van der Waals surface area contributed by atoms with Gasteiger partial charge in [0.15, 0.2) is 0 Å². The maximum atomic E-state index is 12.6. The molecular weight excluding hydrogens is 250 g/mol. The molecule has 1 fully saturated rings. The standard InChI is InChI=1S/C16H25N3O/c1-4-19(15-7-5-6-13(2)12-15)14(3)16(20)18-10-8-17-9-11-18/h5-7,12,14,17H,4,8-11H2,1-3H3. The van der Waals surface area contributed by atoms with Crippen molar-refractivity contribution in [3.8, 4) is 0 Å². The van der Waals surface area contributed by atoms with E-state index < -0.39 is 0 Å². The Balaban J connectivity index is 2.11. The first-order valence-corrected chi connectivity index (χ1v) is 7.46. The lowest BCUT2D eigenvalue weighted by atomic mass is 10.1. The number of amides is 1. The number of anilines is 1. The molecule has 0 spiro atoms. The Morgan fingerprint density at radius 1 is 1.40 bits per heavy atom. The lowest BCUT2D eigenvalue weighted by Gasteiger charge is -2.35. The molecule has 2 rings (SSSR count). The highest BCUT2D eigenvalue weighted by atomic mass is 16.2. The predicted octanol–water partition coefficient (Wildman–Crippen LogP) is 1.64. The molecule has 0 bridgehead atoms. The predicted molar refractivity (Wildman–Crippen MR) is 83.1 cm³/mol. The molecule has 0 saturated carbocycles. The first-order chi connectivity index (χ1) is 9.63. The van der Waals surface area contributed by atoms with E-state index in [0.29, 0.717) is 0 Å². The number of nitrogens with zero attached hydrogens (tertiary/aromatic N) is 2. The molecule has 1 atom stereocenters. The van der Waals surface area contributed by atoms with E-state index in [1.165, 1.54) is 5.56 Å². The van der Waals surface area contributed by atoms with Gasteiger partial charge in [0.2, 0.25) is 5.91 Å². The van der Waals surface area contributed by atoms with Crippen molar-refractivity contribution in [2.45, 2.75) is 26.8 Å². The third-order valence-corrected chi connectivity index (χ3v) is 3.93. The number of hydrogen-bond donors (Lipinski definition) is 1. The molecule has 1 aromatic rings. The number of piperazine rings is 1. The van der Waals surface area contributed by atoms with Crippen molar-refractivity contribution in [3.05, 3.63) is 29.8 Å². The number of benzene rings is 1. The number of carbonyl (C=O) groups excluding carboxylic acids is 1. The highest BCUT2D eigenvalue weighted by Gasteiger charge is 2.26. The van der Waals surface area contributed by atoms with Crippen LogP contribution in [-0.2, 0) is 4.79 Å². The fourth-order valence-electron chi connectivity index (χ4n) is 2.77. The molecule has 1 saturated heterocycles. The molecule has 1 aromatic carbocycles. The van der Waals surface area contributed by atoms with Gasteiger partial charge in [-0.2, -0.15) is 0 Å². The molecule has 4 heteroatoms. The van der Waals surface area contributed by atoms with Gasteiger partial charge < -0.3 is 15.1 Å². The number of nitrogens with one attached hydrogen (secondary N) is 1. The van der Waals surface area contributed by atoms with Gasteiger partial charge in [-0.25, -0.2) is 0 Å². The Labute approximate surface area is 121 Å². The Bertz CT molecular complexity index is 455. The maximum Gasteiger partial charge on any atom is 0.245 e. The summed E-state index contributed by atoms with van der Waals surface area (Å²) in [6.07, 6.45) is 0. The van der Waals surface area contributed by atoms with E-state index in [1.807, 2.05) is 11.8 Å². The van der Waals surface area contributed by atoms with Crippen LogP contribution in [0.25, 0.3) is 0 Å². The number of aryl methyl sites for hydroxylation is 1. The Morgan fingerprint density at radius 2 is 2.10 bits per heavy atom. The minimum Gasteiger partial charge on any atom is -0.360 e. The van der Waals surface area contributed by atoms with E-state index in [0.717, 1.165) is 38.4 Å². The second-order valence-corrected chi connectivity index (χ2v) is 5.38. The molecule has 20 heavy (non-hydrogen) atoms. The summed E-state index contributed by atoms with van der Waals surface area (Å²) in [6.45, 7) is 10.5. The van der Waals surface area contributed by atoms with Crippen molar-refractivity contribution >= 4 is 11.6 Å². The van der Waals surface area contributed by atoms with Gasteiger partial charge in [-0.15, -0.1) is 0 Å². The molecule has 0 aliphatic carbocycles. The topological polar surface area (TPSA) is 35.6 Å². The third-order valence-electron chi connectivity index (χ3n) is 3.93. The van der Waals surface area contributed by atoms with Gasteiger partial charge >= 0.3 is 0 Å². The van der Waals surface area contributed by atoms with Gasteiger partial charge in [0.05, 0.1) is 0 Å². The van der Waals surface area contributed by atoms with Crippen LogP contribution in [0, 0.1) is 6.92 Å². The summed E-state index contributed by atoms with van der Waals surface area (Å²) >= 11 is 0. The van der Waals surface area contributed by atoms with Crippen molar-refractivity contribution < 1.29 is 4.79 Å². The molecule has 1 N–H and O–H groups in total. The van der Waals surface area contributed by atoms with Crippen molar-refractivity contribution in [2.75, 3.05) is 37.6 Å². The van der Waals surface area contributed by atoms with Crippen LogP contribution < -0.4 is 10.2 Å². The van der Waals surface area contributed by atoms with Gasteiger partial charge in [0.25, 0.3) is 0 Å². The van der Waals surface area contributed by atoms with Crippen LogP contribution in [0.4, 0.5) is 5.69 Å². The third kappa shape index (κ3) is 3.31. The number of carbonyl (C=O) groups is 1. The zero-order chi connectivity index (χ0) is 14.5. The Morgan fingerprint density at radius 3 is 2.70 bits per heavy atom. The van der Waals surface area contributed by atoms with Gasteiger partial charge in [0, 0.05) is 38.4 Å². The van der Waals surface area contributed by atoms with Crippen molar-refractivity contribution in [1.82, 2.24) is 10.2 Å². The molecule has 1 amide bonds. The largest absolute Gasteiger partial charge is 0.360 e. The molecule has 0 radical (unpaired) electrons. The SMILES string of the molecule is CCN(c1cccc(C)c1)C(C)C(=O)N1CCNCC1. The first-order valence-electron chi connectivity index (χ1n) is 7.46. The van der Waals surface area contributed by atoms with Gasteiger partial charge in [0.1, 0.15) is 6.04 Å². The highest BCUT2D eigenvalue weighted by molar-refractivity contribution is 5.85. The summed E-state index contributed by atoms with van der Waals surface area (Å²) in [5.41, 5.74) is 2.35. The van der Waals surface area contributed by atoms with Crippen LogP contribution in [0.2, 0.25) is 0 Å². The average Bonchev–Trinajstić information content (AvgIpc) is 2.48. The zero-order valence-electron chi connectivity index (χ0n) is 12.7. The molecule has 1 aliphatic heterocycles. The summed E-state index contributed by atoms with van der Waals surface area (Å²) < 4.78 is 0. The lowest BCUT2D eigenvalue weighted by molar-refractivity contribution is -0.132. The molecule has 110 valence electrons. The maximum absolute atomic E-state index is 12.6. The van der Waals surface area contributed by atoms with Gasteiger partial charge in [-0.3, -0.25) is 4.79 Å². The number of hydrogen-bond acceptors (Lipinski definition) is 3. The normalized spacial score (nSPS) is 16.9. The van der Waals surface area contributed by atoms with Crippen molar-refractivity contribution in [1.29, 1.82) is 0 Å². The van der Waals surface area contributed by atoms with E-state index in [1.54, 1.807) is 0 Å². The van der Waals surface area contributed by atoms with Gasteiger partial charge in [-0.1, -0.05) is 12.1 Å². The summed E-state index contributed by atoms with van der Waals surface area (Å²) in [6, 6.07) is 8.25. The fraction of sp³-hybridized carbons (Fsp3) is 0.562. The summed E-state index contributed by atoms with van der Waals surface area (Å²) in [7, 11) is 0. The Hall–Kier alpha value is -1.55. The molecule has 0 aromatic heterocycles. The molecule has 1 aliphatic rings. The monoisotopic (exact) mass is 275 g/mol. The van der Waals surface area contributed by atoms with E-state index in [4.69, 9.17) is 0 Å². The molecular formula is C16H25N3O. The smallest absolute Gasteiger partial charge is 0.245 e. The first kappa shape index (κ1) is 14.9. The second kappa shape index (κ2) is 6.75. The van der Waals surface area contributed by atoms with E-state index in [-0.39, 0.29) is 11.9 Å². The molecule has 4 nitrogen and oxygen atoms in total. The lowest BCUT2D eigenvalue weighted by Crippen LogP contribution is -2.53. The van der Waals surface area contributed by atoms with Crippen LogP contribution in [0.5, 0.6) is 0 Å². The average molecular weight is 275 g/mol. The van der Waals surface area contributed by atoms with Crippen LogP contribution in [-0.4, -0.2) is 49.6 Å². The van der Waals surface area contributed by atoms with Crippen molar-refractivity contribution in [2.24, 2.45) is 0 Å². The van der Waals surface area contributed by atoms with Gasteiger partial charge in [-0.05, 0) is 38.5 Å². The van der Waals surface area contributed by atoms with E-state index in [2.05, 4.69) is 48.3 Å². The number of rotatable bonds is 4. The zero-order valence-corrected chi connectivity index (χ0v) is 12.7. The number of likely N-dealkylation sites (N-methyl/N-ethyl adjacent to an activating group) is 1. The highest BCUT2D eigenvalue weighted by Crippen LogP contribution is 2.19. The summed E-state index contributed by atoms with van der Waals surface area (Å²) in [4.78, 5) is 16.8. The van der Waals surface area contributed by atoms with Crippen LogP contribution in [0.1, 0.15) is 19.4 Å². The summed E-state index contributed by atoms with van der Waals surface area (Å²) in [5, 5.41) is 3.28. The van der Waals surface area contributed by atoms with Crippen LogP contribution in [0.15, 0.2) is 24.3 Å². The molecule has 1 heterocycles. The summed E-state index contributed by atoms with van der Waals surface area (Å²) in [5.74, 6) is 0.231. The molecule has 1 unspecified atom stereocenters. The van der Waals surface area contributed by atoms with E-state index >= 15 is 0 Å². The van der Waals surface area contributed by atoms with Crippen LogP contribution in [0.3, 0.4) is 0 Å². The fourth-order valence-corrected chi connectivity index (χ4v) is 2.77. The van der Waals surface area contributed by atoms with Crippen LogP contribution >= 0.6 is 0 Å². The minimum atomic E-state index is -0.111. The van der Waals surface area contributed by atoms with E-state index in [9.17, 15) is 4.79 Å². The van der Waals surface area contributed by atoms with Crippen molar-refractivity contribution in [3.63, 3.8) is 0 Å². The quantitative estimate of drug-likeness (QED) is 0.907. The minimum absolute atomic E-state index is 0.111. The Kier molecular flexibility index (Phi) is 5.01.